The maximum Gasteiger partial charge on any atom is 0.366 e. The third-order valence-corrected chi connectivity index (χ3v) is 4.25. The lowest BCUT2D eigenvalue weighted by Crippen LogP contribution is -2.54. The normalized spacial score (nSPS) is 14.6. The predicted molar refractivity (Wildman–Crippen MR) is 103 cm³/mol. The van der Waals surface area contributed by atoms with Gasteiger partial charge < -0.3 is 20.2 Å². The van der Waals surface area contributed by atoms with Crippen molar-refractivity contribution >= 4 is 34.9 Å². The van der Waals surface area contributed by atoms with Gasteiger partial charge >= 0.3 is 5.82 Å². The number of fused-ring (bicyclic) bond motifs is 1. The molecule has 1 aliphatic heterocycles. The Morgan fingerprint density at radius 2 is 2.00 bits per heavy atom. The summed E-state index contributed by atoms with van der Waals surface area (Å²) in [5, 5.41) is 13.7. The van der Waals surface area contributed by atoms with Crippen molar-refractivity contribution < 1.29 is 24.0 Å². The van der Waals surface area contributed by atoms with Gasteiger partial charge in [-0.1, -0.05) is 12.1 Å². The summed E-state index contributed by atoms with van der Waals surface area (Å²) >= 11 is 0. The van der Waals surface area contributed by atoms with Crippen LogP contribution in [0.3, 0.4) is 0 Å². The summed E-state index contributed by atoms with van der Waals surface area (Å²) in [6.07, 6.45) is 0. The molecule has 0 atom stereocenters. The highest BCUT2D eigenvalue weighted by molar-refractivity contribution is 6.07. The van der Waals surface area contributed by atoms with Crippen molar-refractivity contribution in [3.63, 3.8) is 0 Å². The zero-order chi connectivity index (χ0) is 21.3. The molecule has 0 spiro atoms. The first-order valence-corrected chi connectivity index (χ1v) is 8.66. The summed E-state index contributed by atoms with van der Waals surface area (Å²) < 4.78 is 5.59. The number of hydrogen-bond donors (Lipinski definition) is 1. The Labute approximate surface area is 165 Å². The average Bonchev–Trinajstić information content (AvgIpc) is 2.65. The number of pyridine rings is 1. The number of Topliss-reactive ketones (excluding diaryl/α,β-unsaturated/α-hetero) is 1. The minimum atomic E-state index is -1.28. The van der Waals surface area contributed by atoms with Gasteiger partial charge in [0.2, 0.25) is 5.91 Å². The number of ketones is 1. The lowest BCUT2D eigenvalue weighted by atomic mass is 10.1. The van der Waals surface area contributed by atoms with E-state index in [2.05, 4.69) is 10.3 Å². The molecule has 2 aromatic rings. The number of nitrogens with one attached hydrogen (secondary N) is 1. The molecular weight excluding hydrogens is 380 g/mol. The number of anilines is 2. The molecule has 3 rings (SSSR count). The van der Waals surface area contributed by atoms with Crippen molar-refractivity contribution in [2.24, 2.45) is 0 Å². The van der Waals surface area contributed by atoms with Crippen molar-refractivity contribution in [2.75, 3.05) is 16.8 Å². The summed E-state index contributed by atoms with van der Waals surface area (Å²) in [5.74, 6) is -1.69. The standard InChI is InChI=1S/C19H18N4O6/c1-11(24)12-5-4-6-13(9-12)20-16(25)10-22-17-14(29-19(2,3)18(22)26)7-8-15(21-17)23(27)28/h4-9H,10H2,1-3H3,(H,20,25). The van der Waals surface area contributed by atoms with Gasteiger partial charge in [0.25, 0.3) is 11.7 Å². The Morgan fingerprint density at radius 1 is 1.28 bits per heavy atom. The highest BCUT2D eigenvalue weighted by Gasteiger charge is 2.45. The van der Waals surface area contributed by atoms with E-state index < -0.39 is 34.7 Å². The van der Waals surface area contributed by atoms with E-state index in [4.69, 9.17) is 4.74 Å². The molecule has 0 unspecified atom stereocenters. The molecule has 2 heterocycles. The number of nitrogens with zero attached hydrogens (tertiary/aromatic N) is 3. The topological polar surface area (TPSA) is 132 Å². The zero-order valence-electron chi connectivity index (χ0n) is 16.0. The van der Waals surface area contributed by atoms with Gasteiger partial charge in [-0.05, 0) is 48.9 Å². The van der Waals surface area contributed by atoms with E-state index in [9.17, 15) is 24.5 Å². The largest absolute Gasteiger partial charge is 0.472 e. The van der Waals surface area contributed by atoms with E-state index in [1.54, 1.807) is 18.2 Å². The summed E-state index contributed by atoms with van der Waals surface area (Å²) in [4.78, 5) is 52.1. The van der Waals surface area contributed by atoms with Crippen LogP contribution in [0, 0.1) is 10.1 Å². The molecule has 1 aromatic heterocycles. The second-order valence-corrected chi connectivity index (χ2v) is 6.94. The minimum Gasteiger partial charge on any atom is -0.472 e. The maximum atomic E-state index is 12.8. The number of nitro groups is 1. The zero-order valence-corrected chi connectivity index (χ0v) is 16.0. The number of hydrogen-bond acceptors (Lipinski definition) is 7. The van der Waals surface area contributed by atoms with Gasteiger partial charge in [-0.2, -0.15) is 0 Å². The summed E-state index contributed by atoms with van der Waals surface area (Å²) in [5.41, 5.74) is -0.469. The van der Waals surface area contributed by atoms with Crippen molar-refractivity contribution in [3.8, 4) is 5.75 Å². The molecule has 10 nitrogen and oxygen atoms in total. The van der Waals surface area contributed by atoms with Crippen LogP contribution in [0.15, 0.2) is 36.4 Å². The summed E-state index contributed by atoms with van der Waals surface area (Å²) in [7, 11) is 0. The molecule has 10 heteroatoms. The maximum absolute atomic E-state index is 12.8. The Kier molecular flexibility index (Phi) is 5.02. The number of rotatable bonds is 5. The van der Waals surface area contributed by atoms with Gasteiger partial charge in [-0.25, -0.2) is 0 Å². The fourth-order valence-corrected chi connectivity index (χ4v) is 2.85. The van der Waals surface area contributed by atoms with Crippen molar-refractivity contribution in [2.45, 2.75) is 26.4 Å². The van der Waals surface area contributed by atoms with Crippen molar-refractivity contribution in [1.29, 1.82) is 0 Å². The van der Waals surface area contributed by atoms with Crippen LogP contribution in [0.25, 0.3) is 0 Å². The minimum absolute atomic E-state index is 0.101. The molecule has 0 radical (unpaired) electrons. The summed E-state index contributed by atoms with van der Waals surface area (Å²) in [6.45, 7) is 4.03. The Bertz CT molecular complexity index is 1030. The number of benzene rings is 1. The molecule has 29 heavy (non-hydrogen) atoms. The van der Waals surface area contributed by atoms with E-state index in [0.717, 1.165) is 11.0 Å². The molecule has 0 saturated carbocycles. The Morgan fingerprint density at radius 3 is 2.66 bits per heavy atom. The van der Waals surface area contributed by atoms with Crippen LogP contribution >= 0.6 is 0 Å². The van der Waals surface area contributed by atoms with Crippen LogP contribution in [0.1, 0.15) is 31.1 Å². The van der Waals surface area contributed by atoms with E-state index in [0.29, 0.717) is 11.3 Å². The molecule has 0 saturated heterocycles. The van der Waals surface area contributed by atoms with Gasteiger partial charge in [0.05, 0.1) is 0 Å². The van der Waals surface area contributed by atoms with Crippen molar-refractivity contribution in [3.05, 3.63) is 52.1 Å². The van der Waals surface area contributed by atoms with E-state index >= 15 is 0 Å². The molecule has 1 aliphatic rings. The molecule has 2 amide bonds. The monoisotopic (exact) mass is 398 g/mol. The van der Waals surface area contributed by atoms with Crippen LogP contribution in [-0.2, 0) is 9.59 Å². The first-order chi connectivity index (χ1) is 13.6. The molecule has 0 fully saturated rings. The van der Waals surface area contributed by atoms with E-state index in [1.165, 1.54) is 32.9 Å². The molecule has 0 aliphatic carbocycles. The number of carbonyl (C=O) groups is 3. The van der Waals surface area contributed by atoms with Crippen molar-refractivity contribution in [1.82, 2.24) is 4.98 Å². The van der Waals surface area contributed by atoms with Gasteiger partial charge in [0.15, 0.2) is 17.1 Å². The SMILES string of the molecule is CC(=O)c1cccc(NC(=O)CN2C(=O)C(C)(C)Oc3ccc([N+](=O)[O-])nc32)c1. The second kappa shape index (κ2) is 7.30. The van der Waals surface area contributed by atoms with Gasteiger partial charge in [-0.3, -0.25) is 19.3 Å². The number of aromatic nitrogens is 1. The first-order valence-electron chi connectivity index (χ1n) is 8.66. The molecule has 0 bridgehead atoms. The van der Waals surface area contributed by atoms with Crippen LogP contribution in [0.2, 0.25) is 0 Å². The van der Waals surface area contributed by atoms with E-state index in [1.807, 2.05) is 0 Å². The molecule has 150 valence electrons. The first kappa shape index (κ1) is 19.9. The number of amides is 2. The highest BCUT2D eigenvalue weighted by atomic mass is 16.6. The van der Waals surface area contributed by atoms with Crippen LogP contribution in [0.5, 0.6) is 5.75 Å². The number of carbonyl (C=O) groups excluding carboxylic acids is 3. The molecule has 1 N–H and O–H groups in total. The lowest BCUT2D eigenvalue weighted by molar-refractivity contribution is -0.389. The third-order valence-electron chi connectivity index (χ3n) is 4.25. The predicted octanol–water partition coefficient (Wildman–Crippen LogP) is 2.34. The fraction of sp³-hybridized carbons (Fsp3) is 0.263. The van der Waals surface area contributed by atoms with Gasteiger partial charge in [0.1, 0.15) is 6.54 Å². The smallest absolute Gasteiger partial charge is 0.366 e. The van der Waals surface area contributed by atoms with E-state index in [-0.39, 0.29) is 17.4 Å². The molecule has 1 aromatic carbocycles. The fourth-order valence-electron chi connectivity index (χ4n) is 2.85. The second-order valence-electron chi connectivity index (χ2n) is 6.94. The Balaban J connectivity index is 1.89. The summed E-state index contributed by atoms with van der Waals surface area (Å²) in [6, 6.07) is 8.86. The van der Waals surface area contributed by atoms with Gasteiger partial charge in [0, 0.05) is 17.3 Å². The Hall–Kier alpha value is -3.82. The third kappa shape index (κ3) is 4.05. The van der Waals surface area contributed by atoms with Crippen LogP contribution < -0.4 is 15.0 Å². The average molecular weight is 398 g/mol. The quantitative estimate of drug-likeness (QED) is 0.464. The molecular formula is C19H18N4O6. The number of ether oxygens (including phenoxy) is 1. The van der Waals surface area contributed by atoms with Crippen LogP contribution in [0.4, 0.5) is 17.3 Å². The van der Waals surface area contributed by atoms with Gasteiger partial charge in [-0.15, -0.1) is 0 Å². The highest BCUT2D eigenvalue weighted by Crippen LogP contribution is 2.37. The lowest BCUT2D eigenvalue weighted by Gasteiger charge is -2.35. The van der Waals surface area contributed by atoms with Crippen LogP contribution in [-0.4, -0.2) is 39.7 Å².